The first-order valence-electron chi connectivity index (χ1n) is 8.26. The van der Waals surface area contributed by atoms with Crippen LogP contribution in [0.4, 0.5) is 0 Å². The van der Waals surface area contributed by atoms with E-state index in [1.807, 2.05) is 0 Å². The molecule has 3 nitrogen and oxygen atoms in total. The smallest absolute Gasteiger partial charge is 0.226 e. The molecule has 2 N–H and O–H groups in total. The van der Waals surface area contributed by atoms with Crippen LogP contribution in [0.3, 0.4) is 0 Å². The van der Waals surface area contributed by atoms with Crippen LogP contribution in [0.15, 0.2) is 0 Å². The zero-order valence-corrected chi connectivity index (χ0v) is 12.5. The molecule has 3 heteroatoms. The molecule has 0 bridgehead atoms. The normalized spacial score (nSPS) is 24.1. The average Bonchev–Trinajstić information content (AvgIpc) is 2.49. The molecule has 1 heterocycles. The molecule has 1 saturated carbocycles. The van der Waals surface area contributed by atoms with Crippen molar-refractivity contribution in [3.63, 3.8) is 0 Å². The van der Waals surface area contributed by atoms with Crippen LogP contribution in [0.2, 0.25) is 0 Å². The van der Waals surface area contributed by atoms with E-state index in [1.165, 1.54) is 38.5 Å². The Morgan fingerprint density at radius 2 is 1.89 bits per heavy atom. The van der Waals surface area contributed by atoms with Gasteiger partial charge in [0.05, 0.1) is 5.41 Å². The van der Waals surface area contributed by atoms with Gasteiger partial charge in [0.25, 0.3) is 0 Å². The van der Waals surface area contributed by atoms with E-state index in [0.29, 0.717) is 5.91 Å². The maximum Gasteiger partial charge on any atom is 0.226 e. The Bertz CT molecular complexity index is 278. The van der Waals surface area contributed by atoms with Crippen LogP contribution in [-0.2, 0) is 4.79 Å². The van der Waals surface area contributed by atoms with Crippen molar-refractivity contribution in [1.82, 2.24) is 10.6 Å². The summed E-state index contributed by atoms with van der Waals surface area (Å²) >= 11 is 0. The minimum absolute atomic E-state index is 0.0855. The standard InChI is InChI=1S/C16H30N2O/c1-2-16(9-12-17-13-10-16)15(19)18-11-8-14-6-4-3-5-7-14/h14,17H,2-13H2,1H3,(H,18,19). The average molecular weight is 266 g/mol. The Hall–Kier alpha value is -0.570. The number of carbonyl (C=O) groups is 1. The summed E-state index contributed by atoms with van der Waals surface area (Å²) in [5.41, 5.74) is -0.0855. The summed E-state index contributed by atoms with van der Waals surface area (Å²) in [5.74, 6) is 1.17. The third-order valence-electron chi connectivity index (χ3n) is 5.28. The maximum atomic E-state index is 12.5. The predicted octanol–water partition coefficient (Wildman–Crippen LogP) is 2.85. The second-order valence-electron chi connectivity index (χ2n) is 6.43. The van der Waals surface area contributed by atoms with Crippen molar-refractivity contribution in [2.24, 2.45) is 11.3 Å². The Kier molecular flexibility index (Phi) is 5.68. The fraction of sp³-hybridized carbons (Fsp3) is 0.938. The van der Waals surface area contributed by atoms with Crippen molar-refractivity contribution >= 4 is 5.91 Å². The van der Waals surface area contributed by atoms with Gasteiger partial charge in [-0.05, 0) is 44.7 Å². The summed E-state index contributed by atoms with van der Waals surface area (Å²) in [6.07, 6.45) is 11.1. The van der Waals surface area contributed by atoms with Crippen LogP contribution >= 0.6 is 0 Å². The first kappa shape index (κ1) is 14.8. The van der Waals surface area contributed by atoms with Gasteiger partial charge < -0.3 is 10.6 Å². The van der Waals surface area contributed by atoms with E-state index >= 15 is 0 Å². The van der Waals surface area contributed by atoms with Gasteiger partial charge in [0.15, 0.2) is 0 Å². The third-order valence-corrected chi connectivity index (χ3v) is 5.28. The molecule has 2 rings (SSSR count). The molecule has 19 heavy (non-hydrogen) atoms. The molecule has 0 aromatic heterocycles. The second kappa shape index (κ2) is 7.28. The lowest BCUT2D eigenvalue weighted by Gasteiger charge is -2.35. The molecular weight excluding hydrogens is 236 g/mol. The third kappa shape index (κ3) is 3.95. The quantitative estimate of drug-likeness (QED) is 0.803. The predicted molar refractivity (Wildman–Crippen MR) is 79.0 cm³/mol. The highest BCUT2D eigenvalue weighted by atomic mass is 16.2. The molecule has 1 saturated heterocycles. The summed E-state index contributed by atoms with van der Waals surface area (Å²) in [5, 5.41) is 6.58. The molecule has 1 amide bonds. The van der Waals surface area contributed by atoms with Gasteiger partial charge in [0.1, 0.15) is 0 Å². The van der Waals surface area contributed by atoms with E-state index in [2.05, 4.69) is 17.6 Å². The number of amides is 1. The molecular formula is C16H30N2O. The molecule has 0 spiro atoms. The van der Waals surface area contributed by atoms with Gasteiger partial charge in [0.2, 0.25) is 5.91 Å². The van der Waals surface area contributed by atoms with E-state index in [1.54, 1.807) is 0 Å². The van der Waals surface area contributed by atoms with Gasteiger partial charge in [-0.25, -0.2) is 0 Å². The molecule has 0 unspecified atom stereocenters. The first-order chi connectivity index (χ1) is 9.27. The Morgan fingerprint density at radius 1 is 1.21 bits per heavy atom. The number of hydrogen-bond donors (Lipinski definition) is 2. The van der Waals surface area contributed by atoms with E-state index in [9.17, 15) is 4.79 Å². The molecule has 0 radical (unpaired) electrons. The lowest BCUT2D eigenvalue weighted by atomic mass is 9.76. The number of carbonyl (C=O) groups excluding carboxylic acids is 1. The van der Waals surface area contributed by atoms with Crippen LogP contribution < -0.4 is 10.6 Å². The van der Waals surface area contributed by atoms with Crippen LogP contribution in [0.5, 0.6) is 0 Å². The highest BCUT2D eigenvalue weighted by Gasteiger charge is 2.37. The molecule has 2 fully saturated rings. The molecule has 2 aliphatic rings. The maximum absolute atomic E-state index is 12.5. The Labute approximate surface area is 117 Å². The number of piperidine rings is 1. The van der Waals surface area contributed by atoms with E-state index < -0.39 is 0 Å². The summed E-state index contributed by atoms with van der Waals surface area (Å²) in [6, 6.07) is 0. The molecule has 0 aromatic rings. The van der Waals surface area contributed by atoms with Crippen LogP contribution in [-0.4, -0.2) is 25.5 Å². The lowest BCUT2D eigenvalue weighted by Crippen LogP contribution is -2.47. The largest absolute Gasteiger partial charge is 0.356 e. The Morgan fingerprint density at radius 3 is 2.53 bits per heavy atom. The fourth-order valence-electron chi connectivity index (χ4n) is 3.70. The minimum Gasteiger partial charge on any atom is -0.356 e. The summed E-state index contributed by atoms with van der Waals surface area (Å²) in [4.78, 5) is 12.5. The molecule has 0 aromatic carbocycles. The highest BCUT2D eigenvalue weighted by molar-refractivity contribution is 5.82. The monoisotopic (exact) mass is 266 g/mol. The summed E-state index contributed by atoms with van der Waals surface area (Å²) < 4.78 is 0. The van der Waals surface area contributed by atoms with Crippen LogP contribution in [0.25, 0.3) is 0 Å². The molecule has 0 atom stereocenters. The van der Waals surface area contributed by atoms with Crippen molar-refractivity contribution in [2.75, 3.05) is 19.6 Å². The topological polar surface area (TPSA) is 41.1 Å². The van der Waals surface area contributed by atoms with Crippen molar-refractivity contribution in [1.29, 1.82) is 0 Å². The van der Waals surface area contributed by atoms with E-state index in [4.69, 9.17) is 0 Å². The molecule has 1 aliphatic heterocycles. The lowest BCUT2D eigenvalue weighted by molar-refractivity contribution is -0.132. The van der Waals surface area contributed by atoms with Gasteiger partial charge in [-0.1, -0.05) is 39.0 Å². The minimum atomic E-state index is -0.0855. The number of hydrogen-bond acceptors (Lipinski definition) is 2. The van der Waals surface area contributed by atoms with Crippen molar-refractivity contribution in [3.05, 3.63) is 0 Å². The van der Waals surface area contributed by atoms with Gasteiger partial charge in [-0.2, -0.15) is 0 Å². The molecule has 1 aliphatic carbocycles. The fourth-order valence-corrected chi connectivity index (χ4v) is 3.70. The van der Waals surface area contributed by atoms with Gasteiger partial charge in [0, 0.05) is 6.54 Å². The zero-order valence-electron chi connectivity index (χ0n) is 12.5. The summed E-state index contributed by atoms with van der Waals surface area (Å²) in [6.45, 7) is 5.03. The SMILES string of the molecule is CCC1(C(=O)NCCC2CCCCC2)CCNCC1. The zero-order chi connectivity index (χ0) is 13.6. The first-order valence-corrected chi connectivity index (χ1v) is 8.26. The van der Waals surface area contributed by atoms with E-state index in [-0.39, 0.29) is 5.41 Å². The van der Waals surface area contributed by atoms with Crippen molar-refractivity contribution < 1.29 is 4.79 Å². The van der Waals surface area contributed by atoms with E-state index in [0.717, 1.165) is 44.8 Å². The van der Waals surface area contributed by atoms with Crippen LogP contribution in [0, 0.1) is 11.3 Å². The van der Waals surface area contributed by atoms with Gasteiger partial charge >= 0.3 is 0 Å². The van der Waals surface area contributed by atoms with Crippen LogP contribution in [0.1, 0.15) is 64.7 Å². The number of rotatable bonds is 5. The Balaban J connectivity index is 1.73. The van der Waals surface area contributed by atoms with Gasteiger partial charge in [-0.15, -0.1) is 0 Å². The molecule has 110 valence electrons. The number of nitrogens with one attached hydrogen (secondary N) is 2. The highest BCUT2D eigenvalue weighted by Crippen LogP contribution is 2.32. The summed E-state index contributed by atoms with van der Waals surface area (Å²) in [7, 11) is 0. The van der Waals surface area contributed by atoms with Crippen molar-refractivity contribution in [3.8, 4) is 0 Å². The van der Waals surface area contributed by atoms with Gasteiger partial charge in [-0.3, -0.25) is 4.79 Å². The van der Waals surface area contributed by atoms with Crippen molar-refractivity contribution in [2.45, 2.75) is 64.7 Å². The second-order valence-corrected chi connectivity index (χ2v) is 6.43.